The normalized spacial score (nSPS) is 24.6. The van der Waals surface area contributed by atoms with Gasteiger partial charge < -0.3 is 15.2 Å². The molecule has 2 N–H and O–H groups in total. The fourth-order valence-electron chi connectivity index (χ4n) is 2.65. The first kappa shape index (κ1) is 16.1. The maximum Gasteiger partial charge on any atom is 0.573 e. The van der Waals surface area contributed by atoms with Crippen LogP contribution in [0.15, 0.2) is 24.3 Å². The van der Waals surface area contributed by atoms with E-state index in [1.165, 1.54) is 12.1 Å². The van der Waals surface area contributed by atoms with Gasteiger partial charge in [-0.15, -0.1) is 13.2 Å². The van der Waals surface area contributed by atoms with E-state index in [9.17, 15) is 18.3 Å². The molecule has 1 aromatic rings. The summed E-state index contributed by atoms with van der Waals surface area (Å²) in [6.45, 7) is 1.98. The van der Waals surface area contributed by atoms with Crippen molar-refractivity contribution in [1.82, 2.24) is 5.32 Å². The number of aliphatic hydroxyl groups excluding tert-OH is 1. The molecule has 0 heterocycles. The zero-order chi connectivity index (χ0) is 15.5. The Hall–Kier alpha value is -1.27. The minimum atomic E-state index is -4.66. The van der Waals surface area contributed by atoms with E-state index >= 15 is 0 Å². The molecule has 0 radical (unpaired) electrons. The molecule has 0 aliphatic heterocycles. The number of benzene rings is 1. The maximum atomic E-state index is 12.1. The summed E-state index contributed by atoms with van der Waals surface area (Å²) in [6, 6.07) is 6.31. The van der Waals surface area contributed by atoms with Gasteiger partial charge in [0.15, 0.2) is 0 Å². The molecule has 2 rings (SSSR count). The second-order valence-electron chi connectivity index (χ2n) is 5.51. The van der Waals surface area contributed by atoms with Gasteiger partial charge in [0.05, 0.1) is 6.10 Å². The number of nitrogens with one attached hydrogen (secondary N) is 1. The average molecular weight is 303 g/mol. The molecule has 3 nitrogen and oxygen atoms in total. The van der Waals surface area contributed by atoms with E-state index < -0.39 is 6.36 Å². The van der Waals surface area contributed by atoms with Crippen LogP contribution in [0.4, 0.5) is 13.2 Å². The highest BCUT2D eigenvalue weighted by molar-refractivity contribution is 5.29. The summed E-state index contributed by atoms with van der Waals surface area (Å²) < 4.78 is 40.1. The van der Waals surface area contributed by atoms with Crippen molar-refractivity contribution >= 4 is 0 Å². The van der Waals surface area contributed by atoms with E-state index in [2.05, 4.69) is 10.1 Å². The Morgan fingerprint density at radius 3 is 2.24 bits per heavy atom. The van der Waals surface area contributed by atoms with Crippen LogP contribution in [0, 0.1) is 0 Å². The number of rotatable bonds is 4. The van der Waals surface area contributed by atoms with Crippen molar-refractivity contribution in [2.24, 2.45) is 0 Å². The Morgan fingerprint density at radius 2 is 1.71 bits per heavy atom. The van der Waals surface area contributed by atoms with Crippen LogP contribution in [-0.2, 0) is 0 Å². The lowest BCUT2D eigenvalue weighted by Crippen LogP contribution is -2.36. The second-order valence-corrected chi connectivity index (χ2v) is 5.51. The van der Waals surface area contributed by atoms with Crippen LogP contribution in [0.25, 0.3) is 0 Å². The number of ether oxygens (including phenoxy) is 1. The molecule has 0 spiro atoms. The molecule has 1 aliphatic rings. The van der Waals surface area contributed by atoms with Gasteiger partial charge in [-0.25, -0.2) is 0 Å². The second kappa shape index (κ2) is 6.66. The van der Waals surface area contributed by atoms with Crippen molar-refractivity contribution in [2.75, 3.05) is 0 Å². The van der Waals surface area contributed by atoms with Crippen LogP contribution >= 0.6 is 0 Å². The van der Waals surface area contributed by atoms with Gasteiger partial charge in [-0.3, -0.25) is 0 Å². The summed E-state index contributed by atoms with van der Waals surface area (Å²) >= 11 is 0. The van der Waals surface area contributed by atoms with E-state index in [4.69, 9.17) is 0 Å². The van der Waals surface area contributed by atoms with Crippen LogP contribution in [0.3, 0.4) is 0 Å². The molecule has 1 aliphatic carbocycles. The maximum absolute atomic E-state index is 12.1. The quantitative estimate of drug-likeness (QED) is 0.894. The Kier molecular flexibility index (Phi) is 5.11. The summed E-state index contributed by atoms with van der Waals surface area (Å²) in [5.41, 5.74) is 0.913. The predicted molar refractivity (Wildman–Crippen MR) is 72.9 cm³/mol. The van der Waals surface area contributed by atoms with Crippen LogP contribution in [0.1, 0.15) is 44.2 Å². The van der Waals surface area contributed by atoms with Gasteiger partial charge in [-0.05, 0) is 50.3 Å². The third-order valence-electron chi connectivity index (χ3n) is 3.80. The monoisotopic (exact) mass is 303 g/mol. The van der Waals surface area contributed by atoms with Crippen molar-refractivity contribution in [1.29, 1.82) is 0 Å². The molecular weight excluding hydrogens is 283 g/mol. The fraction of sp³-hybridized carbons (Fsp3) is 0.600. The number of hydrogen-bond donors (Lipinski definition) is 2. The standard InChI is InChI=1S/C15H20F3NO2/c1-10(19-12-4-6-13(20)7-5-12)11-2-8-14(9-3-11)21-15(16,17)18/h2-3,8-10,12-13,19-20H,4-7H2,1H3. The molecule has 21 heavy (non-hydrogen) atoms. The SMILES string of the molecule is CC(NC1CCC(O)CC1)c1ccc(OC(F)(F)F)cc1. The molecule has 0 aromatic heterocycles. The summed E-state index contributed by atoms with van der Waals surface area (Å²) in [5.74, 6) is -0.209. The Morgan fingerprint density at radius 1 is 1.14 bits per heavy atom. The van der Waals surface area contributed by atoms with Gasteiger partial charge in [0, 0.05) is 12.1 Å². The average Bonchev–Trinajstić information content (AvgIpc) is 2.40. The zero-order valence-corrected chi connectivity index (χ0v) is 11.9. The fourth-order valence-corrected chi connectivity index (χ4v) is 2.65. The summed E-state index contributed by atoms with van der Waals surface area (Å²) in [7, 11) is 0. The van der Waals surface area contributed by atoms with E-state index in [1.54, 1.807) is 12.1 Å². The van der Waals surface area contributed by atoms with Gasteiger partial charge >= 0.3 is 6.36 Å². The molecule has 1 atom stereocenters. The molecule has 1 saturated carbocycles. The number of halogens is 3. The Labute approximate surface area is 122 Å². The van der Waals surface area contributed by atoms with Crippen LogP contribution in [0.2, 0.25) is 0 Å². The first-order chi connectivity index (χ1) is 9.83. The molecule has 0 bridgehead atoms. The Bertz CT molecular complexity index is 439. The van der Waals surface area contributed by atoms with Crippen LogP contribution in [0.5, 0.6) is 5.75 Å². The lowest BCUT2D eigenvalue weighted by atomic mass is 9.92. The van der Waals surface area contributed by atoms with Gasteiger partial charge in [0.25, 0.3) is 0 Å². The number of alkyl halides is 3. The van der Waals surface area contributed by atoms with Crippen LogP contribution in [-0.4, -0.2) is 23.6 Å². The number of aliphatic hydroxyl groups is 1. The third kappa shape index (κ3) is 5.21. The Balaban J connectivity index is 1.89. The molecule has 6 heteroatoms. The molecule has 0 amide bonds. The van der Waals surface area contributed by atoms with Gasteiger partial charge in [-0.1, -0.05) is 12.1 Å². The molecule has 0 saturated heterocycles. The van der Waals surface area contributed by atoms with Crippen LogP contribution < -0.4 is 10.1 Å². The largest absolute Gasteiger partial charge is 0.573 e. The van der Waals surface area contributed by atoms with Crippen molar-refractivity contribution in [3.63, 3.8) is 0 Å². The molecular formula is C15H20F3NO2. The minimum absolute atomic E-state index is 0.0465. The smallest absolute Gasteiger partial charge is 0.406 e. The highest BCUT2D eigenvalue weighted by Crippen LogP contribution is 2.26. The highest BCUT2D eigenvalue weighted by Gasteiger charge is 2.31. The molecule has 1 unspecified atom stereocenters. The van der Waals surface area contributed by atoms with E-state index in [0.717, 1.165) is 31.2 Å². The van der Waals surface area contributed by atoms with E-state index in [-0.39, 0.29) is 17.9 Å². The van der Waals surface area contributed by atoms with E-state index in [1.807, 2.05) is 6.92 Å². The van der Waals surface area contributed by atoms with Gasteiger partial charge in [0.2, 0.25) is 0 Å². The first-order valence-electron chi connectivity index (χ1n) is 7.13. The zero-order valence-electron chi connectivity index (χ0n) is 11.9. The molecule has 1 aromatic carbocycles. The van der Waals surface area contributed by atoms with Gasteiger partial charge in [0.1, 0.15) is 5.75 Å². The summed E-state index contributed by atoms with van der Waals surface area (Å²) in [6.07, 6.45) is -1.43. The van der Waals surface area contributed by atoms with Crippen molar-refractivity contribution < 1.29 is 23.0 Å². The van der Waals surface area contributed by atoms with Gasteiger partial charge in [-0.2, -0.15) is 0 Å². The van der Waals surface area contributed by atoms with Crippen molar-refractivity contribution in [3.05, 3.63) is 29.8 Å². The van der Waals surface area contributed by atoms with Crippen molar-refractivity contribution in [2.45, 2.75) is 57.2 Å². The lowest BCUT2D eigenvalue weighted by Gasteiger charge is -2.29. The lowest BCUT2D eigenvalue weighted by molar-refractivity contribution is -0.274. The third-order valence-corrected chi connectivity index (χ3v) is 3.80. The highest BCUT2D eigenvalue weighted by atomic mass is 19.4. The molecule has 1 fully saturated rings. The molecule has 118 valence electrons. The minimum Gasteiger partial charge on any atom is -0.406 e. The summed E-state index contributed by atoms with van der Waals surface area (Å²) in [5, 5.41) is 12.9. The summed E-state index contributed by atoms with van der Waals surface area (Å²) in [4.78, 5) is 0. The first-order valence-corrected chi connectivity index (χ1v) is 7.13. The van der Waals surface area contributed by atoms with Crippen molar-refractivity contribution in [3.8, 4) is 5.75 Å². The van der Waals surface area contributed by atoms with E-state index in [0.29, 0.717) is 6.04 Å². The number of hydrogen-bond acceptors (Lipinski definition) is 3. The topological polar surface area (TPSA) is 41.5 Å². The predicted octanol–water partition coefficient (Wildman–Crippen LogP) is 3.54.